The number of rotatable bonds is 5. The quantitative estimate of drug-likeness (QED) is 0.619. The maximum Gasteiger partial charge on any atom is 0.254 e. The Balaban J connectivity index is 1.56. The predicted octanol–water partition coefficient (Wildman–Crippen LogP) is 4.84. The fraction of sp³-hybridized carbons (Fsp3) is 0.321. The van der Waals surface area contributed by atoms with Crippen LogP contribution in [0.3, 0.4) is 0 Å². The Hall–Kier alpha value is -3.47. The molecule has 5 rings (SSSR count). The number of aromatic nitrogens is 1. The van der Waals surface area contributed by atoms with E-state index in [0.29, 0.717) is 18.7 Å². The average Bonchev–Trinajstić information content (AvgIpc) is 2.87. The van der Waals surface area contributed by atoms with Crippen molar-refractivity contribution in [3.05, 3.63) is 101 Å². The van der Waals surface area contributed by atoms with E-state index in [1.54, 1.807) is 12.4 Å². The maximum absolute atomic E-state index is 13.8. The van der Waals surface area contributed by atoms with Crippen LogP contribution in [0.2, 0.25) is 0 Å². The summed E-state index contributed by atoms with van der Waals surface area (Å²) in [5.74, 6) is -0.362. The fourth-order valence-corrected chi connectivity index (χ4v) is 5.63. The maximum atomic E-state index is 13.8. The van der Waals surface area contributed by atoms with Crippen LogP contribution in [-0.4, -0.2) is 27.2 Å². The van der Waals surface area contributed by atoms with Crippen molar-refractivity contribution in [1.82, 2.24) is 15.2 Å². The first-order valence-electron chi connectivity index (χ1n) is 11.8. The van der Waals surface area contributed by atoms with Gasteiger partial charge in [-0.1, -0.05) is 67.8 Å². The summed E-state index contributed by atoms with van der Waals surface area (Å²) in [7, 11) is 0. The Morgan fingerprint density at radius 3 is 2.36 bits per heavy atom. The van der Waals surface area contributed by atoms with Crippen LogP contribution < -0.4 is 5.32 Å². The highest BCUT2D eigenvalue weighted by atomic mass is 16.2. The van der Waals surface area contributed by atoms with Gasteiger partial charge in [-0.25, -0.2) is 0 Å². The van der Waals surface area contributed by atoms with Crippen molar-refractivity contribution in [3.63, 3.8) is 0 Å². The summed E-state index contributed by atoms with van der Waals surface area (Å²) in [4.78, 5) is 33.8. The molecule has 2 aliphatic rings. The molecule has 2 amide bonds. The molecular formula is C28H29N3O2. The van der Waals surface area contributed by atoms with Crippen molar-refractivity contribution in [2.45, 2.75) is 56.7 Å². The number of carbonyl (C=O) groups excluding carboxylic acids is 2. The summed E-state index contributed by atoms with van der Waals surface area (Å²) >= 11 is 0. The molecule has 168 valence electrons. The highest BCUT2D eigenvalue weighted by Gasteiger charge is 2.54. The number of nitrogens with one attached hydrogen (secondary N) is 1. The Kier molecular flexibility index (Phi) is 5.95. The van der Waals surface area contributed by atoms with E-state index in [9.17, 15) is 9.59 Å². The second-order valence-electron chi connectivity index (χ2n) is 9.13. The first kappa shape index (κ1) is 21.4. The molecule has 5 heteroatoms. The molecule has 0 saturated heterocycles. The molecule has 1 aliphatic heterocycles. The van der Waals surface area contributed by atoms with E-state index >= 15 is 0 Å². The second kappa shape index (κ2) is 9.18. The molecule has 33 heavy (non-hydrogen) atoms. The lowest BCUT2D eigenvalue weighted by atomic mass is 9.65. The number of hydrogen-bond acceptors (Lipinski definition) is 3. The summed E-state index contributed by atoms with van der Waals surface area (Å²) in [5.41, 5.74) is 3.10. The molecule has 1 aromatic heterocycles. The van der Waals surface area contributed by atoms with Gasteiger partial charge in [0, 0.05) is 31.0 Å². The Morgan fingerprint density at radius 2 is 1.61 bits per heavy atom. The minimum Gasteiger partial charge on any atom is -0.351 e. The second-order valence-corrected chi connectivity index (χ2v) is 9.13. The molecule has 1 aliphatic carbocycles. The SMILES string of the molecule is O=C(NCc1ccncc1)C1c2ccccc2C(=O)N(Cc2ccccc2)C12CCCCC2. The number of amides is 2. The molecule has 5 nitrogen and oxygen atoms in total. The molecule has 2 aromatic carbocycles. The van der Waals surface area contributed by atoms with Crippen molar-refractivity contribution >= 4 is 11.8 Å². The van der Waals surface area contributed by atoms with E-state index in [4.69, 9.17) is 0 Å². The van der Waals surface area contributed by atoms with Crippen LogP contribution in [0.4, 0.5) is 0 Å². The lowest BCUT2D eigenvalue weighted by molar-refractivity contribution is -0.127. The third-order valence-electron chi connectivity index (χ3n) is 7.20. The molecular weight excluding hydrogens is 410 g/mol. The van der Waals surface area contributed by atoms with Crippen LogP contribution in [0.1, 0.15) is 65.1 Å². The van der Waals surface area contributed by atoms with Crippen molar-refractivity contribution in [1.29, 1.82) is 0 Å². The van der Waals surface area contributed by atoms with Gasteiger partial charge in [0.1, 0.15) is 0 Å². The summed E-state index contributed by atoms with van der Waals surface area (Å²) < 4.78 is 0. The average molecular weight is 440 g/mol. The number of benzene rings is 2. The van der Waals surface area contributed by atoms with E-state index in [2.05, 4.69) is 22.4 Å². The molecule has 3 aromatic rings. The minimum absolute atomic E-state index is 0.00766. The van der Waals surface area contributed by atoms with Crippen LogP contribution in [-0.2, 0) is 17.9 Å². The molecule has 1 N–H and O–H groups in total. The molecule has 2 heterocycles. The van der Waals surface area contributed by atoms with E-state index in [1.165, 1.54) is 0 Å². The van der Waals surface area contributed by atoms with Gasteiger partial charge in [-0.05, 0) is 47.7 Å². The van der Waals surface area contributed by atoms with Gasteiger partial charge in [-0.15, -0.1) is 0 Å². The lowest BCUT2D eigenvalue weighted by Crippen LogP contribution is -2.62. The monoisotopic (exact) mass is 439 g/mol. The lowest BCUT2D eigenvalue weighted by Gasteiger charge is -2.53. The molecule has 0 bridgehead atoms. The molecule has 1 saturated carbocycles. The molecule has 1 spiro atoms. The standard InChI is InChI=1S/C28H29N3O2/c32-26(30-19-21-13-17-29-18-14-21)25-23-11-5-6-12-24(23)27(33)31(20-22-9-3-1-4-10-22)28(25)15-7-2-8-16-28/h1,3-6,9-14,17-18,25H,2,7-8,15-16,19-20H2,(H,30,32). The zero-order chi connectivity index (χ0) is 22.7. The minimum atomic E-state index is -0.512. The van der Waals surface area contributed by atoms with E-state index in [-0.39, 0.29) is 11.8 Å². The van der Waals surface area contributed by atoms with Gasteiger partial charge in [0.25, 0.3) is 5.91 Å². The van der Waals surface area contributed by atoms with Gasteiger partial charge in [0.15, 0.2) is 0 Å². The Labute approximate surface area is 194 Å². The van der Waals surface area contributed by atoms with Crippen molar-refractivity contribution in [2.24, 2.45) is 0 Å². The van der Waals surface area contributed by atoms with Crippen LogP contribution in [0, 0.1) is 0 Å². The Morgan fingerprint density at radius 1 is 0.909 bits per heavy atom. The zero-order valence-electron chi connectivity index (χ0n) is 18.7. The first-order valence-corrected chi connectivity index (χ1v) is 11.8. The largest absolute Gasteiger partial charge is 0.351 e. The van der Waals surface area contributed by atoms with Gasteiger partial charge in [-0.2, -0.15) is 0 Å². The van der Waals surface area contributed by atoms with E-state index in [1.807, 2.05) is 59.5 Å². The number of fused-ring (bicyclic) bond motifs is 1. The number of carbonyl (C=O) groups is 2. The number of hydrogen-bond donors (Lipinski definition) is 1. The predicted molar refractivity (Wildman–Crippen MR) is 127 cm³/mol. The molecule has 0 radical (unpaired) electrons. The first-order chi connectivity index (χ1) is 16.2. The van der Waals surface area contributed by atoms with Gasteiger partial charge in [0.05, 0.1) is 11.5 Å². The molecule has 1 atom stereocenters. The van der Waals surface area contributed by atoms with E-state index in [0.717, 1.165) is 48.8 Å². The van der Waals surface area contributed by atoms with Crippen molar-refractivity contribution < 1.29 is 9.59 Å². The number of pyridine rings is 1. The molecule has 1 fully saturated rings. The van der Waals surface area contributed by atoms with Crippen molar-refractivity contribution in [2.75, 3.05) is 0 Å². The number of nitrogens with zero attached hydrogens (tertiary/aromatic N) is 2. The normalized spacial score (nSPS) is 19.2. The van der Waals surface area contributed by atoms with Crippen LogP contribution >= 0.6 is 0 Å². The summed E-state index contributed by atoms with van der Waals surface area (Å²) in [6.45, 7) is 0.963. The third-order valence-corrected chi connectivity index (χ3v) is 7.20. The fourth-order valence-electron chi connectivity index (χ4n) is 5.63. The van der Waals surface area contributed by atoms with E-state index < -0.39 is 11.5 Å². The summed E-state index contributed by atoms with van der Waals surface area (Å²) in [6.07, 6.45) is 8.34. The van der Waals surface area contributed by atoms with Crippen molar-refractivity contribution in [3.8, 4) is 0 Å². The van der Waals surface area contributed by atoms with Crippen LogP contribution in [0.15, 0.2) is 79.1 Å². The summed E-state index contributed by atoms with van der Waals surface area (Å²) in [6, 6.07) is 21.6. The van der Waals surface area contributed by atoms with Crippen LogP contribution in [0.5, 0.6) is 0 Å². The van der Waals surface area contributed by atoms with Crippen LogP contribution in [0.25, 0.3) is 0 Å². The third kappa shape index (κ3) is 4.04. The highest BCUT2D eigenvalue weighted by Crippen LogP contribution is 2.49. The Bertz CT molecular complexity index is 1120. The van der Waals surface area contributed by atoms with Gasteiger partial charge >= 0.3 is 0 Å². The highest BCUT2D eigenvalue weighted by molar-refractivity contribution is 6.02. The van der Waals surface area contributed by atoms with Gasteiger partial charge in [-0.3, -0.25) is 14.6 Å². The topological polar surface area (TPSA) is 62.3 Å². The summed E-state index contributed by atoms with van der Waals surface area (Å²) in [5, 5.41) is 3.18. The molecule has 1 unspecified atom stereocenters. The smallest absolute Gasteiger partial charge is 0.254 e. The van der Waals surface area contributed by atoms with Gasteiger partial charge in [0.2, 0.25) is 5.91 Å². The van der Waals surface area contributed by atoms with Gasteiger partial charge < -0.3 is 10.2 Å². The zero-order valence-corrected chi connectivity index (χ0v) is 18.7.